The number of halogens is 1. The number of anilines is 2. The van der Waals surface area contributed by atoms with Crippen LogP contribution < -0.4 is 20.7 Å². The number of rotatable bonds is 19. The van der Waals surface area contributed by atoms with Gasteiger partial charge in [-0.1, -0.05) is 66.2 Å². The molecule has 0 bridgehead atoms. The zero-order valence-electron chi connectivity index (χ0n) is 31.0. The number of sulfone groups is 1. The van der Waals surface area contributed by atoms with Crippen molar-refractivity contribution in [2.45, 2.75) is 33.7 Å². The molecule has 0 radical (unpaired) electrons. The molecule has 0 unspecified atom stereocenters. The fourth-order valence-corrected chi connectivity index (χ4v) is 8.78. The second-order valence-corrected chi connectivity index (χ2v) is 18.5. The number of sulfonamides is 1. The second kappa shape index (κ2) is 19.5. The molecule has 1 atom stereocenters. The molecule has 0 heterocycles. The van der Waals surface area contributed by atoms with Crippen molar-refractivity contribution < 1.29 is 21.6 Å². The second-order valence-electron chi connectivity index (χ2n) is 13.3. The number of benzene rings is 5. The maximum atomic E-state index is 13.4. The summed E-state index contributed by atoms with van der Waals surface area (Å²) in [5.74, 6) is -0.180. The van der Waals surface area contributed by atoms with Crippen molar-refractivity contribution in [1.29, 1.82) is 0 Å². The number of hydrogen-bond acceptors (Lipinski definition) is 10. The Labute approximate surface area is 334 Å². The Hall–Kier alpha value is -4.37. The predicted molar refractivity (Wildman–Crippen MR) is 225 cm³/mol. The summed E-state index contributed by atoms with van der Waals surface area (Å²) in [5, 5.41) is 10.8. The summed E-state index contributed by atoms with van der Waals surface area (Å²) in [5.41, 5.74) is 4.57. The SMILES string of the molecule is CN(C)CC[C@H](CSc1ccccc1)Nc1ccc(S(=O)(=O)NC(=O)c2ccc(NCCNCc3ccccc3-c3ccc(Cl)cc3)cc2)cc1S(C)(=O)=O. The lowest BCUT2D eigenvalue weighted by Crippen LogP contribution is -2.31. The lowest BCUT2D eigenvalue weighted by Gasteiger charge is -2.23. The first-order valence-corrected chi connectivity index (χ1v) is 22.4. The fraction of sp³-hybridized carbons (Fsp3) is 0.244. The molecular weight excluding hydrogens is 774 g/mol. The normalized spacial score (nSPS) is 12.3. The van der Waals surface area contributed by atoms with Gasteiger partial charge in [-0.2, -0.15) is 0 Å². The molecule has 4 N–H and O–H groups in total. The standard InChI is InChI=1S/C41H46ClN5O5S3/c1-47(2)26-23-35(29-53-36-10-5-4-6-11-36)45-39-22-21-37(27-40(39)54(3,49)50)55(51,52)46-41(48)31-15-19-34(20-16-31)44-25-24-43-28-32-9-7-8-12-38(32)30-13-17-33(42)18-14-30/h4-22,27,35,43-45H,23-26,28-29H2,1-3H3,(H,46,48)/t35-/m1/s1. The number of nitrogens with zero attached hydrogens (tertiary/aromatic N) is 1. The molecule has 0 aliphatic rings. The van der Waals surface area contributed by atoms with Crippen molar-refractivity contribution in [3.05, 3.63) is 137 Å². The van der Waals surface area contributed by atoms with Crippen LogP contribution in [0.15, 0.2) is 136 Å². The Balaban J connectivity index is 1.17. The maximum Gasteiger partial charge on any atom is 0.264 e. The molecule has 55 heavy (non-hydrogen) atoms. The molecule has 290 valence electrons. The van der Waals surface area contributed by atoms with Crippen LogP contribution >= 0.6 is 23.4 Å². The Morgan fingerprint density at radius 3 is 2.20 bits per heavy atom. The van der Waals surface area contributed by atoms with E-state index in [1.54, 1.807) is 23.9 Å². The highest BCUT2D eigenvalue weighted by Gasteiger charge is 2.24. The molecule has 0 aliphatic carbocycles. The Morgan fingerprint density at radius 1 is 0.818 bits per heavy atom. The average molecular weight is 821 g/mol. The highest BCUT2D eigenvalue weighted by Crippen LogP contribution is 2.29. The van der Waals surface area contributed by atoms with Gasteiger partial charge in [-0.3, -0.25) is 4.79 Å². The number of carbonyl (C=O) groups excluding carboxylic acids is 1. The van der Waals surface area contributed by atoms with Crippen LogP contribution in [0.5, 0.6) is 0 Å². The van der Waals surface area contributed by atoms with Gasteiger partial charge in [0, 0.05) is 58.9 Å². The number of carbonyl (C=O) groups is 1. The van der Waals surface area contributed by atoms with Gasteiger partial charge >= 0.3 is 0 Å². The first-order valence-electron chi connectivity index (χ1n) is 17.7. The van der Waals surface area contributed by atoms with Gasteiger partial charge in [0.05, 0.1) is 15.5 Å². The van der Waals surface area contributed by atoms with Crippen molar-refractivity contribution in [3.8, 4) is 11.1 Å². The molecule has 0 aromatic heterocycles. The Kier molecular flexibility index (Phi) is 14.8. The minimum absolute atomic E-state index is 0.118. The van der Waals surface area contributed by atoms with E-state index in [1.165, 1.54) is 24.3 Å². The van der Waals surface area contributed by atoms with Gasteiger partial charge in [0.15, 0.2) is 9.84 Å². The number of hydrogen-bond donors (Lipinski definition) is 4. The average Bonchev–Trinajstić information content (AvgIpc) is 3.16. The summed E-state index contributed by atoms with van der Waals surface area (Å²) >= 11 is 7.71. The van der Waals surface area contributed by atoms with Crippen LogP contribution in [0.1, 0.15) is 22.3 Å². The first kappa shape index (κ1) is 41.8. The molecule has 1 amide bonds. The van der Waals surface area contributed by atoms with E-state index in [2.05, 4.69) is 32.8 Å². The van der Waals surface area contributed by atoms with Crippen molar-refractivity contribution in [2.75, 3.05) is 56.4 Å². The summed E-state index contributed by atoms with van der Waals surface area (Å²) in [6, 6.07) is 36.0. The van der Waals surface area contributed by atoms with E-state index in [-0.39, 0.29) is 21.4 Å². The quantitative estimate of drug-likeness (QED) is 0.0498. The van der Waals surface area contributed by atoms with E-state index < -0.39 is 25.8 Å². The lowest BCUT2D eigenvalue weighted by molar-refractivity contribution is 0.0981. The molecule has 10 nitrogen and oxygen atoms in total. The summed E-state index contributed by atoms with van der Waals surface area (Å²) in [7, 11) is -4.34. The van der Waals surface area contributed by atoms with E-state index in [4.69, 9.17) is 11.6 Å². The number of amides is 1. The summed E-state index contributed by atoms with van der Waals surface area (Å²) < 4.78 is 54.7. The topological polar surface area (TPSA) is 137 Å². The zero-order chi connectivity index (χ0) is 39.4. The summed E-state index contributed by atoms with van der Waals surface area (Å²) in [4.78, 5) is 15.7. The minimum Gasteiger partial charge on any atom is -0.384 e. The highest BCUT2D eigenvalue weighted by atomic mass is 35.5. The molecule has 0 aliphatic heterocycles. The van der Waals surface area contributed by atoms with Gasteiger partial charge < -0.3 is 20.9 Å². The highest BCUT2D eigenvalue weighted by molar-refractivity contribution is 7.99. The monoisotopic (exact) mass is 819 g/mol. The van der Waals surface area contributed by atoms with Gasteiger partial charge in [0.1, 0.15) is 0 Å². The third-order valence-corrected chi connectivity index (χ3v) is 12.5. The van der Waals surface area contributed by atoms with Crippen molar-refractivity contribution >= 4 is 60.5 Å². The maximum absolute atomic E-state index is 13.4. The van der Waals surface area contributed by atoms with E-state index >= 15 is 0 Å². The first-order chi connectivity index (χ1) is 26.3. The van der Waals surface area contributed by atoms with Gasteiger partial charge in [0.25, 0.3) is 15.9 Å². The molecular formula is C41H46ClN5O5S3. The van der Waals surface area contributed by atoms with Crippen LogP contribution in [0, 0.1) is 0 Å². The molecule has 0 saturated carbocycles. The van der Waals surface area contributed by atoms with Gasteiger partial charge in [-0.05, 0) is 110 Å². The summed E-state index contributed by atoms with van der Waals surface area (Å²) in [6.45, 7) is 2.71. The van der Waals surface area contributed by atoms with E-state index in [0.717, 1.165) is 52.6 Å². The number of nitrogens with one attached hydrogen (secondary N) is 4. The molecule has 0 fully saturated rings. The summed E-state index contributed by atoms with van der Waals surface area (Å²) in [6.07, 6.45) is 1.75. The van der Waals surface area contributed by atoms with Crippen LogP contribution in [0.25, 0.3) is 11.1 Å². The van der Waals surface area contributed by atoms with Crippen LogP contribution in [-0.4, -0.2) is 79.4 Å². The zero-order valence-corrected chi connectivity index (χ0v) is 34.2. The smallest absolute Gasteiger partial charge is 0.264 e. The molecule has 5 aromatic carbocycles. The molecule has 14 heteroatoms. The molecule has 5 aromatic rings. The van der Waals surface area contributed by atoms with Crippen molar-refractivity contribution in [1.82, 2.24) is 14.9 Å². The van der Waals surface area contributed by atoms with Gasteiger partial charge in [-0.15, -0.1) is 11.8 Å². The number of thioether (sulfide) groups is 1. The molecule has 0 spiro atoms. The van der Waals surface area contributed by atoms with Crippen molar-refractivity contribution in [2.24, 2.45) is 0 Å². The van der Waals surface area contributed by atoms with Gasteiger partial charge in [-0.25, -0.2) is 21.6 Å². The predicted octanol–water partition coefficient (Wildman–Crippen LogP) is 7.26. The van der Waals surface area contributed by atoms with E-state index in [9.17, 15) is 21.6 Å². The third-order valence-electron chi connectivity index (χ3n) is 8.63. The van der Waals surface area contributed by atoms with E-state index in [1.807, 2.05) is 85.7 Å². The van der Waals surface area contributed by atoms with Crippen LogP contribution in [-0.2, 0) is 26.4 Å². The van der Waals surface area contributed by atoms with Crippen molar-refractivity contribution in [3.63, 3.8) is 0 Å². The van der Waals surface area contributed by atoms with Crippen LogP contribution in [0.4, 0.5) is 11.4 Å². The van der Waals surface area contributed by atoms with E-state index in [0.29, 0.717) is 36.1 Å². The van der Waals surface area contributed by atoms with Crippen LogP contribution in [0.3, 0.4) is 0 Å². The fourth-order valence-electron chi connectivity index (χ4n) is 5.72. The van der Waals surface area contributed by atoms with Gasteiger partial charge in [0.2, 0.25) is 0 Å². The molecule has 5 rings (SSSR count). The Bertz CT molecular complexity index is 2260. The van der Waals surface area contributed by atoms with Crippen LogP contribution in [0.2, 0.25) is 5.02 Å². The lowest BCUT2D eigenvalue weighted by atomic mass is 10.00. The molecule has 0 saturated heterocycles. The largest absolute Gasteiger partial charge is 0.384 e. The third kappa shape index (κ3) is 12.6. The minimum atomic E-state index is -4.41. The Morgan fingerprint density at radius 2 is 1.51 bits per heavy atom.